The third kappa shape index (κ3) is 3.81. The second kappa shape index (κ2) is 8.41. The lowest BCUT2D eigenvalue weighted by atomic mass is 10.3. The maximum atomic E-state index is 12.7. The van der Waals surface area contributed by atoms with Gasteiger partial charge in [-0.3, -0.25) is 0 Å². The first-order valence-electron chi connectivity index (χ1n) is 9.02. The van der Waals surface area contributed by atoms with Crippen molar-refractivity contribution in [3.8, 4) is 0 Å². The molecule has 1 aliphatic rings. The Kier molecular flexibility index (Phi) is 5.34. The first-order chi connectivity index (χ1) is 15.1. The summed E-state index contributed by atoms with van der Waals surface area (Å²) in [7, 11) is 2.40. The number of hydrogen-bond donors (Lipinski definition) is 1. The molecule has 2 heterocycles. The highest BCUT2D eigenvalue weighted by atomic mass is 16.5. The summed E-state index contributed by atoms with van der Waals surface area (Å²) >= 11 is 0. The standard InChI is InChI=1S/C19H16N8O4/c1-30-18(28)15(27-21-16(20-23-27)19(29)31-2)17-22-26(14-11-7-4-8-12-14)24-25(17)13-9-5-3-6-10-13/h3-12H,1-2H3/p+1. The van der Waals surface area contributed by atoms with E-state index in [1.54, 1.807) is 5.01 Å². The predicted octanol–water partition coefficient (Wildman–Crippen LogP) is 1.49. The van der Waals surface area contributed by atoms with Crippen molar-refractivity contribution in [3.63, 3.8) is 0 Å². The van der Waals surface area contributed by atoms with Crippen LogP contribution in [0.5, 0.6) is 0 Å². The Bertz CT molecular complexity index is 1170. The number of carbonyl (C=O) groups is 2. The number of methoxy groups -OCH3 is 2. The van der Waals surface area contributed by atoms with Crippen LogP contribution in [-0.2, 0) is 14.3 Å². The molecule has 12 heteroatoms. The van der Waals surface area contributed by atoms with Crippen LogP contribution in [0.1, 0.15) is 10.6 Å². The van der Waals surface area contributed by atoms with E-state index in [0.29, 0.717) is 11.4 Å². The Labute approximate surface area is 175 Å². The van der Waals surface area contributed by atoms with Crippen molar-refractivity contribution in [3.05, 3.63) is 72.3 Å². The van der Waals surface area contributed by atoms with Gasteiger partial charge < -0.3 is 9.47 Å². The summed E-state index contributed by atoms with van der Waals surface area (Å²) in [5.74, 6) is -1.78. The Morgan fingerprint density at radius 1 is 0.968 bits per heavy atom. The molecule has 0 aliphatic carbocycles. The largest absolute Gasteiger partial charge is 0.464 e. The molecule has 1 N–H and O–H groups in total. The average Bonchev–Trinajstić information content (AvgIpc) is 3.48. The highest BCUT2D eigenvalue weighted by molar-refractivity contribution is 6.11. The van der Waals surface area contributed by atoms with Gasteiger partial charge in [0.1, 0.15) is 0 Å². The molecule has 0 atom stereocenters. The van der Waals surface area contributed by atoms with Crippen LogP contribution in [0.4, 0.5) is 11.4 Å². The molecule has 2 aromatic carbocycles. The summed E-state index contributed by atoms with van der Waals surface area (Å²) in [5, 5.41) is 17.5. The number of tetrazole rings is 1. The van der Waals surface area contributed by atoms with Gasteiger partial charge in [-0.1, -0.05) is 41.9 Å². The lowest BCUT2D eigenvalue weighted by molar-refractivity contribution is -0.558. The number of nitrogens with zero attached hydrogens (tertiary/aromatic N) is 7. The summed E-state index contributed by atoms with van der Waals surface area (Å²) in [4.78, 5) is 26.8. The van der Waals surface area contributed by atoms with Gasteiger partial charge in [0.2, 0.25) is 5.70 Å². The summed E-state index contributed by atoms with van der Waals surface area (Å²) < 4.78 is 9.53. The van der Waals surface area contributed by atoms with Gasteiger partial charge in [0.05, 0.1) is 29.8 Å². The SMILES string of the molecule is COC(=O)C(=C1N=[N+](c2ccccc2)NN1c1ccccc1)n1nnc(C(=O)OC)n1. The van der Waals surface area contributed by atoms with Gasteiger partial charge >= 0.3 is 11.9 Å². The van der Waals surface area contributed by atoms with E-state index in [1.807, 2.05) is 60.7 Å². The van der Waals surface area contributed by atoms with Crippen molar-refractivity contribution in [2.75, 3.05) is 19.2 Å². The van der Waals surface area contributed by atoms with Gasteiger partial charge in [0, 0.05) is 12.1 Å². The molecule has 31 heavy (non-hydrogen) atoms. The summed E-state index contributed by atoms with van der Waals surface area (Å²) in [6.07, 6.45) is 0. The number of nitrogens with one attached hydrogen (secondary N) is 1. The van der Waals surface area contributed by atoms with Crippen molar-refractivity contribution in [1.29, 1.82) is 0 Å². The quantitative estimate of drug-likeness (QED) is 0.370. The minimum atomic E-state index is -0.798. The zero-order valence-corrected chi connectivity index (χ0v) is 16.5. The van der Waals surface area contributed by atoms with Crippen LogP contribution in [0.3, 0.4) is 0 Å². The maximum absolute atomic E-state index is 12.7. The summed E-state index contributed by atoms with van der Waals surface area (Å²) in [5.41, 5.74) is 4.32. The van der Waals surface area contributed by atoms with E-state index >= 15 is 0 Å². The molecule has 4 rings (SSSR count). The third-order valence-electron chi connectivity index (χ3n) is 4.19. The van der Waals surface area contributed by atoms with Crippen molar-refractivity contribution in [1.82, 2.24) is 25.7 Å². The fourth-order valence-corrected chi connectivity index (χ4v) is 2.74. The number of para-hydroxylation sites is 2. The fraction of sp³-hybridized carbons (Fsp3) is 0.105. The number of rotatable bonds is 5. The number of ether oxygens (including phenoxy) is 2. The van der Waals surface area contributed by atoms with E-state index in [9.17, 15) is 9.59 Å². The molecule has 0 amide bonds. The minimum absolute atomic E-state index is 0.121. The second-order valence-corrected chi connectivity index (χ2v) is 6.08. The predicted molar refractivity (Wildman–Crippen MR) is 105 cm³/mol. The summed E-state index contributed by atoms with van der Waals surface area (Å²) in [6.45, 7) is 0. The first-order valence-corrected chi connectivity index (χ1v) is 9.02. The molecule has 1 aromatic heterocycles. The first kappa shape index (κ1) is 19.7. The number of carbonyl (C=O) groups excluding carboxylic acids is 2. The number of aromatic nitrogens is 4. The van der Waals surface area contributed by atoms with Crippen LogP contribution in [0.2, 0.25) is 0 Å². The van der Waals surface area contributed by atoms with Crippen molar-refractivity contribution >= 4 is 29.0 Å². The monoisotopic (exact) mass is 421 g/mol. The molecule has 0 saturated carbocycles. The van der Waals surface area contributed by atoms with Crippen LogP contribution in [0, 0.1) is 0 Å². The number of benzene rings is 2. The lowest BCUT2D eigenvalue weighted by Gasteiger charge is -2.15. The van der Waals surface area contributed by atoms with Crippen molar-refractivity contribution in [2.45, 2.75) is 0 Å². The molecular formula is C19H17N8O4+. The zero-order chi connectivity index (χ0) is 21.8. The molecule has 0 saturated heterocycles. The number of anilines is 1. The summed E-state index contributed by atoms with van der Waals surface area (Å²) in [6, 6.07) is 18.4. The molecule has 0 spiro atoms. The Balaban J connectivity index is 1.90. The fourth-order valence-electron chi connectivity index (χ4n) is 2.74. The second-order valence-electron chi connectivity index (χ2n) is 6.08. The van der Waals surface area contributed by atoms with E-state index in [4.69, 9.17) is 4.74 Å². The van der Waals surface area contributed by atoms with Crippen LogP contribution in [0.15, 0.2) is 71.6 Å². The lowest BCUT2D eigenvalue weighted by Crippen LogP contribution is -2.36. The van der Waals surface area contributed by atoms with Gasteiger partial charge in [-0.15, -0.1) is 15.0 Å². The Hall–Kier alpha value is -4.61. The Morgan fingerprint density at radius 2 is 1.65 bits per heavy atom. The van der Waals surface area contributed by atoms with Gasteiger partial charge in [-0.05, 0) is 17.3 Å². The van der Waals surface area contributed by atoms with Crippen molar-refractivity contribution < 1.29 is 23.9 Å². The molecule has 0 unspecified atom stereocenters. The zero-order valence-electron chi connectivity index (χ0n) is 16.5. The van der Waals surface area contributed by atoms with E-state index in [0.717, 1.165) is 4.80 Å². The van der Waals surface area contributed by atoms with Crippen molar-refractivity contribution in [2.24, 2.45) is 5.11 Å². The Morgan fingerprint density at radius 3 is 2.29 bits per heavy atom. The number of hydrazine groups is 2. The van der Waals surface area contributed by atoms with E-state index in [-0.39, 0.29) is 17.3 Å². The number of hydrogen-bond acceptors (Lipinski definition) is 10. The van der Waals surface area contributed by atoms with Crippen LogP contribution in [-0.4, -0.2) is 51.2 Å². The normalized spacial score (nSPS) is 14.5. The molecular weight excluding hydrogens is 404 g/mol. The molecule has 0 radical (unpaired) electrons. The molecule has 0 fully saturated rings. The van der Waals surface area contributed by atoms with Gasteiger partial charge in [-0.2, -0.15) is 5.01 Å². The molecule has 1 aliphatic heterocycles. The highest BCUT2D eigenvalue weighted by Crippen LogP contribution is 2.28. The molecule has 12 nitrogen and oxygen atoms in total. The van der Waals surface area contributed by atoms with E-state index < -0.39 is 11.9 Å². The van der Waals surface area contributed by atoms with Gasteiger partial charge in [0.15, 0.2) is 0 Å². The van der Waals surface area contributed by atoms with Crippen LogP contribution in [0.25, 0.3) is 5.70 Å². The smallest absolute Gasteiger partial charge is 0.379 e. The number of esters is 2. The average molecular weight is 421 g/mol. The molecule has 3 aromatic rings. The van der Waals surface area contributed by atoms with Crippen LogP contribution >= 0.6 is 0 Å². The van der Waals surface area contributed by atoms with Gasteiger partial charge in [0.25, 0.3) is 17.3 Å². The van der Waals surface area contributed by atoms with E-state index in [2.05, 4.69) is 30.8 Å². The maximum Gasteiger partial charge on any atom is 0.379 e. The van der Waals surface area contributed by atoms with Gasteiger partial charge in [-0.25, -0.2) is 9.59 Å². The molecule has 0 bridgehead atoms. The topological polar surface area (TPSA) is 127 Å². The van der Waals surface area contributed by atoms with Crippen LogP contribution < -0.4 is 10.5 Å². The molecule has 156 valence electrons. The highest BCUT2D eigenvalue weighted by Gasteiger charge is 2.37. The van der Waals surface area contributed by atoms with E-state index in [1.165, 1.54) is 19.0 Å². The third-order valence-corrected chi connectivity index (χ3v) is 4.19. The minimum Gasteiger partial charge on any atom is -0.464 e. The number of azo groups is 1.